The van der Waals surface area contributed by atoms with Gasteiger partial charge in [-0.1, -0.05) is 6.07 Å². The summed E-state index contributed by atoms with van der Waals surface area (Å²) in [6.07, 6.45) is 3.73. The van der Waals surface area contributed by atoms with E-state index in [0.717, 1.165) is 47.9 Å². The Morgan fingerprint density at radius 2 is 1.22 bits per heavy atom. The number of nitrogens with zero attached hydrogens (tertiary/aromatic N) is 5. The molecule has 0 atom stereocenters. The topological polar surface area (TPSA) is 88.3 Å². The summed E-state index contributed by atoms with van der Waals surface area (Å²) in [5.74, 6) is 3.07. The molecular weight excluding hydrogens is 472 g/mol. The van der Waals surface area contributed by atoms with Crippen LogP contribution in [0, 0.1) is 0 Å². The largest absolute Gasteiger partial charge is 0.493 e. The first kappa shape index (κ1) is 27.2. The first-order valence-electron chi connectivity index (χ1n) is 12.6. The maximum absolute atomic E-state index is 5.45. The van der Waals surface area contributed by atoms with Gasteiger partial charge in [0, 0.05) is 12.8 Å². The Hall–Kier alpha value is -2.89. The number of ether oxygens (including phenoxy) is 4. The van der Waals surface area contributed by atoms with Gasteiger partial charge in [0.15, 0.2) is 23.0 Å². The Kier molecular flexibility index (Phi) is 9.59. The van der Waals surface area contributed by atoms with Crippen molar-refractivity contribution in [3.05, 3.63) is 47.0 Å². The lowest BCUT2D eigenvalue weighted by Crippen LogP contribution is -2.71. The molecule has 5 heterocycles. The standard InChI is InChI=1S/C11H13NO2.C10H15NO2.C6H12N4/c1-13-10-5-8-3-4-12-7-9(8)6-11(10)14-2;1-12-9-4-3-8(5-6-11)7-10(9)13-2;1-7-2-9-4-8(1)5-10(3-7)6-9/h5-7H,3-4H2,1-2H3;3-4,7H,5-6,11H2,1-2H3;1-6H2. The molecule has 37 heavy (non-hydrogen) atoms. The molecule has 10 heteroatoms. The molecular formula is C27H40N6O4. The monoisotopic (exact) mass is 512 g/mol. The van der Waals surface area contributed by atoms with Crippen LogP contribution in [0.4, 0.5) is 0 Å². The number of benzene rings is 2. The predicted molar refractivity (Wildman–Crippen MR) is 145 cm³/mol. The molecule has 0 aromatic heterocycles. The normalized spacial score (nSPS) is 24.1. The van der Waals surface area contributed by atoms with E-state index in [1.165, 1.54) is 51.1 Å². The number of methoxy groups -OCH3 is 4. The maximum atomic E-state index is 5.45. The van der Waals surface area contributed by atoms with E-state index >= 15 is 0 Å². The van der Waals surface area contributed by atoms with E-state index in [2.05, 4.69) is 24.6 Å². The molecule has 202 valence electrons. The van der Waals surface area contributed by atoms with Gasteiger partial charge in [0.05, 0.1) is 68.5 Å². The van der Waals surface area contributed by atoms with Gasteiger partial charge in [0.2, 0.25) is 0 Å². The van der Waals surface area contributed by atoms with Crippen LogP contribution in [0.2, 0.25) is 0 Å². The zero-order valence-electron chi connectivity index (χ0n) is 22.5. The summed E-state index contributed by atoms with van der Waals surface area (Å²) in [6, 6.07) is 9.83. The summed E-state index contributed by atoms with van der Waals surface area (Å²) in [4.78, 5) is 14.1. The van der Waals surface area contributed by atoms with Crippen LogP contribution in [0.5, 0.6) is 23.0 Å². The van der Waals surface area contributed by atoms with Crippen LogP contribution < -0.4 is 24.7 Å². The van der Waals surface area contributed by atoms with Crippen molar-refractivity contribution >= 4 is 6.21 Å². The Labute approximate surface area is 220 Å². The van der Waals surface area contributed by atoms with E-state index in [1.54, 1.807) is 28.4 Å². The SMILES string of the molecule is C1N2CN3CN1CN(C2)C3.COc1cc2c(cc1OC)CCN=C2.COc1ccc(CCN)cc1OC. The maximum Gasteiger partial charge on any atom is 0.161 e. The molecule has 2 aromatic rings. The molecule has 0 unspecified atom stereocenters. The summed E-state index contributed by atoms with van der Waals surface area (Å²) in [7, 11) is 6.55. The summed E-state index contributed by atoms with van der Waals surface area (Å²) >= 11 is 0. The molecule has 0 aliphatic carbocycles. The van der Waals surface area contributed by atoms with Crippen molar-refractivity contribution in [3.8, 4) is 23.0 Å². The molecule has 0 saturated carbocycles. The first-order chi connectivity index (χ1) is 18.1. The molecule has 0 radical (unpaired) electrons. The summed E-state index contributed by atoms with van der Waals surface area (Å²) in [5.41, 5.74) is 9.03. The minimum absolute atomic E-state index is 0.648. The van der Waals surface area contributed by atoms with Crippen LogP contribution in [0.1, 0.15) is 16.7 Å². The van der Waals surface area contributed by atoms with Crippen molar-refractivity contribution in [1.29, 1.82) is 0 Å². The molecule has 4 bridgehead atoms. The number of hydrogen-bond acceptors (Lipinski definition) is 10. The van der Waals surface area contributed by atoms with Gasteiger partial charge >= 0.3 is 0 Å². The Balaban J connectivity index is 0.000000131. The van der Waals surface area contributed by atoms with Gasteiger partial charge in [0.25, 0.3) is 0 Å². The fourth-order valence-corrected chi connectivity index (χ4v) is 5.06. The lowest BCUT2D eigenvalue weighted by atomic mass is 10.0. The summed E-state index contributed by atoms with van der Waals surface area (Å²) in [5, 5.41) is 0. The predicted octanol–water partition coefficient (Wildman–Crippen LogP) is 1.86. The summed E-state index contributed by atoms with van der Waals surface area (Å²) in [6.45, 7) is 8.64. The van der Waals surface area contributed by atoms with Crippen LogP contribution in [0.3, 0.4) is 0 Å². The fraction of sp³-hybridized carbons (Fsp3) is 0.519. The minimum Gasteiger partial charge on any atom is -0.493 e. The van der Waals surface area contributed by atoms with E-state index in [9.17, 15) is 0 Å². The van der Waals surface area contributed by atoms with Crippen molar-refractivity contribution < 1.29 is 18.9 Å². The summed E-state index contributed by atoms with van der Waals surface area (Å²) < 4.78 is 20.7. The number of hydrogen-bond donors (Lipinski definition) is 1. The van der Waals surface area contributed by atoms with Crippen molar-refractivity contribution in [1.82, 2.24) is 19.6 Å². The van der Waals surface area contributed by atoms with Gasteiger partial charge < -0.3 is 24.7 Å². The fourth-order valence-electron chi connectivity index (χ4n) is 5.06. The minimum atomic E-state index is 0.648. The smallest absolute Gasteiger partial charge is 0.161 e. The zero-order valence-corrected chi connectivity index (χ0v) is 22.5. The third-order valence-electron chi connectivity index (χ3n) is 6.67. The van der Waals surface area contributed by atoms with E-state index in [1.807, 2.05) is 36.5 Å². The van der Waals surface area contributed by atoms with Crippen molar-refractivity contribution in [3.63, 3.8) is 0 Å². The lowest BCUT2D eigenvalue weighted by molar-refractivity contribution is -0.194. The molecule has 4 fully saturated rings. The van der Waals surface area contributed by atoms with E-state index in [0.29, 0.717) is 6.54 Å². The molecule has 5 aliphatic rings. The average molecular weight is 513 g/mol. The van der Waals surface area contributed by atoms with Crippen molar-refractivity contribution in [2.45, 2.75) is 12.8 Å². The van der Waals surface area contributed by atoms with Crippen LogP contribution in [-0.4, -0.2) is 107 Å². The van der Waals surface area contributed by atoms with E-state index < -0.39 is 0 Å². The second kappa shape index (κ2) is 13.1. The van der Waals surface area contributed by atoms with Gasteiger partial charge in [-0.3, -0.25) is 24.6 Å². The third-order valence-corrected chi connectivity index (χ3v) is 6.67. The first-order valence-corrected chi connectivity index (χ1v) is 12.6. The Morgan fingerprint density at radius 3 is 1.73 bits per heavy atom. The number of rotatable bonds is 6. The number of fused-ring (bicyclic) bond motifs is 1. The van der Waals surface area contributed by atoms with Gasteiger partial charge in [-0.15, -0.1) is 0 Å². The molecule has 0 amide bonds. The van der Waals surface area contributed by atoms with Gasteiger partial charge in [0.1, 0.15) is 0 Å². The van der Waals surface area contributed by atoms with Crippen molar-refractivity contribution in [2.75, 3.05) is 81.5 Å². The third kappa shape index (κ3) is 6.91. The highest BCUT2D eigenvalue weighted by Gasteiger charge is 2.36. The Bertz CT molecular complexity index is 1010. The van der Waals surface area contributed by atoms with Crippen molar-refractivity contribution in [2.24, 2.45) is 10.7 Å². The zero-order chi connectivity index (χ0) is 26.2. The molecule has 0 spiro atoms. The second-order valence-corrected chi connectivity index (χ2v) is 9.45. The number of aliphatic imine (C=N–C) groups is 1. The highest BCUT2D eigenvalue weighted by Crippen LogP contribution is 2.31. The Morgan fingerprint density at radius 1 is 0.703 bits per heavy atom. The second-order valence-electron chi connectivity index (χ2n) is 9.45. The highest BCUT2D eigenvalue weighted by molar-refractivity contribution is 5.84. The van der Waals surface area contributed by atoms with E-state index in [4.69, 9.17) is 24.7 Å². The highest BCUT2D eigenvalue weighted by atomic mass is 16.5. The van der Waals surface area contributed by atoms with Crippen LogP contribution >= 0.6 is 0 Å². The van der Waals surface area contributed by atoms with Crippen LogP contribution in [-0.2, 0) is 12.8 Å². The van der Waals surface area contributed by atoms with Gasteiger partial charge in [-0.2, -0.15) is 0 Å². The molecule has 4 saturated heterocycles. The molecule has 5 aliphatic heterocycles. The molecule has 2 aromatic carbocycles. The van der Waals surface area contributed by atoms with Crippen LogP contribution in [0.15, 0.2) is 35.3 Å². The van der Waals surface area contributed by atoms with Crippen LogP contribution in [0.25, 0.3) is 0 Å². The number of nitrogens with two attached hydrogens (primary N) is 1. The lowest BCUT2D eigenvalue weighted by Gasteiger charge is -2.56. The van der Waals surface area contributed by atoms with Gasteiger partial charge in [-0.05, 0) is 60.3 Å². The molecule has 10 nitrogen and oxygen atoms in total. The molecule has 2 N–H and O–H groups in total. The van der Waals surface area contributed by atoms with E-state index in [-0.39, 0.29) is 0 Å². The van der Waals surface area contributed by atoms with Gasteiger partial charge in [-0.25, -0.2) is 0 Å². The quantitative estimate of drug-likeness (QED) is 0.623. The molecule has 7 rings (SSSR count). The average Bonchev–Trinajstić information content (AvgIpc) is 2.92.